The Balaban J connectivity index is 1.88. The van der Waals surface area contributed by atoms with Gasteiger partial charge < -0.3 is 5.32 Å². The zero-order valence-electron chi connectivity index (χ0n) is 14.5. The average molecular weight is 465 g/mol. The minimum atomic E-state index is -4.64. The highest BCUT2D eigenvalue weighted by Crippen LogP contribution is 2.32. The molecule has 2 aromatic heterocycles. The molecule has 1 N–H and O–H groups in total. The lowest BCUT2D eigenvalue weighted by Crippen LogP contribution is -2.29. The monoisotopic (exact) mass is 463 g/mol. The van der Waals surface area contributed by atoms with Crippen molar-refractivity contribution < 1.29 is 18.0 Å². The van der Waals surface area contributed by atoms with Gasteiger partial charge in [-0.05, 0) is 48.9 Å². The predicted octanol–water partition coefficient (Wildman–Crippen LogP) is 5.13. The van der Waals surface area contributed by atoms with Gasteiger partial charge in [0, 0.05) is 16.8 Å². The average Bonchev–Trinajstić information content (AvgIpc) is 3.03. The molecule has 1 amide bonds. The summed E-state index contributed by atoms with van der Waals surface area (Å²) in [7, 11) is 0. The summed E-state index contributed by atoms with van der Waals surface area (Å²) in [6, 6.07) is 4.97. The summed E-state index contributed by atoms with van der Waals surface area (Å²) in [6.07, 6.45) is -3.25. The maximum Gasteiger partial charge on any atom is 0.416 e. The van der Waals surface area contributed by atoms with Crippen LogP contribution in [-0.2, 0) is 6.18 Å². The van der Waals surface area contributed by atoms with Crippen LogP contribution in [0, 0.1) is 0 Å². The number of hydrogen-bond acceptors (Lipinski definition) is 4. The number of aromatic nitrogens is 4. The van der Waals surface area contributed by atoms with Crippen LogP contribution in [0.3, 0.4) is 0 Å². The second-order valence-corrected chi connectivity index (χ2v) is 7.12. The molecule has 0 aliphatic rings. The normalized spacial score (nSPS) is 12.7. The van der Waals surface area contributed by atoms with Crippen molar-refractivity contribution in [2.45, 2.75) is 19.1 Å². The van der Waals surface area contributed by atoms with Crippen molar-refractivity contribution in [1.82, 2.24) is 25.1 Å². The molecule has 3 rings (SSSR count). The lowest BCUT2D eigenvalue weighted by atomic mass is 10.1. The topological polar surface area (TPSA) is 72.7 Å². The number of rotatable bonds is 4. The van der Waals surface area contributed by atoms with E-state index in [-0.39, 0.29) is 21.7 Å². The Bertz CT molecular complexity index is 1050. The predicted molar refractivity (Wildman–Crippen MR) is 102 cm³/mol. The number of nitrogens with one attached hydrogen (secondary N) is 1. The third kappa shape index (κ3) is 4.98. The molecule has 152 valence electrons. The van der Waals surface area contributed by atoms with Crippen molar-refractivity contribution in [3.8, 4) is 5.82 Å². The summed E-state index contributed by atoms with van der Waals surface area (Å²) >= 11 is 17.4. The Morgan fingerprint density at radius 1 is 1.14 bits per heavy atom. The largest absolute Gasteiger partial charge is 0.416 e. The zero-order valence-corrected chi connectivity index (χ0v) is 16.8. The summed E-state index contributed by atoms with van der Waals surface area (Å²) in [4.78, 5) is 20.7. The van der Waals surface area contributed by atoms with Gasteiger partial charge in [-0.15, -0.1) is 5.10 Å². The quantitative estimate of drug-likeness (QED) is 0.581. The maximum atomic E-state index is 13.0. The van der Waals surface area contributed by atoms with Crippen LogP contribution in [0.4, 0.5) is 13.2 Å². The number of benzene rings is 1. The van der Waals surface area contributed by atoms with E-state index in [1.54, 1.807) is 19.1 Å². The van der Waals surface area contributed by atoms with Crippen molar-refractivity contribution in [1.29, 1.82) is 0 Å². The highest BCUT2D eigenvalue weighted by molar-refractivity contribution is 6.31. The summed E-state index contributed by atoms with van der Waals surface area (Å²) in [6.45, 7) is 1.57. The third-order valence-electron chi connectivity index (χ3n) is 3.76. The van der Waals surface area contributed by atoms with Gasteiger partial charge in [0.05, 0.1) is 16.6 Å². The molecular formula is C17H11Cl3F3N5O. The number of carbonyl (C=O) groups excluding carboxylic acids is 1. The van der Waals surface area contributed by atoms with E-state index in [0.29, 0.717) is 16.9 Å². The van der Waals surface area contributed by atoms with Gasteiger partial charge in [-0.2, -0.15) is 22.8 Å². The molecule has 29 heavy (non-hydrogen) atoms. The molecule has 0 aliphatic carbocycles. The first-order chi connectivity index (χ1) is 13.5. The van der Waals surface area contributed by atoms with E-state index in [1.165, 1.54) is 10.9 Å². The van der Waals surface area contributed by atoms with Crippen LogP contribution in [0.2, 0.25) is 15.3 Å². The highest BCUT2D eigenvalue weighted by Gasteiger charge is 2.32. The standard InChI is InChI=1S/C17H11Cl3F3N5O/c1-8(14-26-16(20)27-28(14)13-3-2-11(18)7-24-13)25-15(29)9-4-10(17(21,22)23)6-12(19)5-9/h2-8H,1H3,(H,25,29). The molecule has 2 heterocycles. The van der Waals surface area contributed by atoms with E-state index in [4.69, 9.17) is 34.8 Å². The third-order valence-corrected chi connectivity index (χ3v) is 4.36. The fourth-order valence-electron chi connectivity index (χ4n) is 2.47. The van der Waals surface area contributed by atoms with E-state index in [9.17, 15) is 18.0 Å². The van der Waals surface area contributed by atoms with E-state index < -0.39 is 23.7 Å². The number of alkyl halides is 3. The minimum absolute atomic E-state index is 0.0973. The van der Waals surface area contributed by atoms with Crippen LogP contribution in [-0.4, -0.2) is 25.7 Å². The van der Waals surface area contributed by atoms with Crippen molar-refractivity contribution in [2.75, 3.05) is 0 Å². The van der Waals surface area contributed by atoms with Gasteiger partial charge in [-0.3, -0.25) is 4.79 Å². The molecule has 0 radical (unpaired) electrons. The maximum absolute atomic E-state index is 13.0. The van der Waals surface area contributed by atoms with Crippen molar-refractivity contribution in [3.05, 3.63) is 68.8 Å². The number of amides is 1. The van der Waals surface area contributed by atoms with E-state index in [0.717, 1.165) is 12.1 Å². The Morgan fingerprint density at radius 3 is 2.48 bits per heavy atom. The molecule has 0 saturated carbocycles. The van der Waals surface area contributed by atoms with Crippen molar-refractivity contribution in [3.63, 3.8) is 0 Å². The van der Waals surface area contributed by atoms with Gasteiger partial charge in [0.15, 0.2) is 11.6 Å². The Morgan fingerprint density at radius 2 is 1.86 bits per heavy atom. The van der Waals surface area contributed by atoms with Crippen LogP contribution in [0.1, 0.15) is 34.7 Å². The number of hydrogen-bond donors (Lipinski definition) is 1. The Hall–Kier alpha value is -2.36. The molecule has 3 aromatic rings. The summed E-state index contributed by atoms with van der Waals surface area (Å²) in [5.41, 5.74) is -1.28. The van der Waals surface area contributed by atoms with Gasteiger partial charge >= 0.3 is 6.18 Å². The molecule has 0 spiro atoms. The summed E-state index contributed by atoms with van der Waals surface area (Å²) in [5, 5.41) is 6.66. The first-order valence-electron chi connectivity index (χ1n) is 7.97. The van der Waals surface area contributed by atoms with Gasteiger partial charge in [0.2, 0.25) is 5.28 Å². The summed E-state index contributed by atoms with van der Waals surface area (Å²) in [5.74, 6) is -0.219. The zero-order chi connectivity index (χ0) is 21.3. The van der Waals surface area contributed by atoms with Crippen LogP contribution in [0.15, 0.2) is 36.5 Å². The molecule has 1 unspecified atom stereocenters. The van der Waals surface area contributed by atoms with Crippen molar-refractivity contribution >= 4 is 40.7 Å². The van der Waals surface area contributed by atoms with Gasteiger partial charge in [-0.25, -0.2) is 4.98 Å². The molecule has 0 fully saturated rings. The fourth-order valence-corrected chi connectivity index (χ4v) is 2.98. The van der Waals surface area contributed by atoms with Crippen LogP contribution < -0.4 is 5.32 Å². The molecule has 6 nitrogen and oxygen atoms in total. The molecule has 0 aliphatic heterocycles. The number of halogens is 6. The first-order valence-corrected chi connectivity index (χ1v) is 9.11. The second kappa shape index (κ2) is 8.17. The van der Waals surface area contributed by atoms with Crippen LogP contribution >= 0.6 is 34.8 Å². The Kier molecular flexibility index (Phi) is 6.02. The SMILES string of the molecule is CC(NC(=O)c1cc(Cl)cc(C(F)(F)F)c1)c1nc(Cl)nn1-c1ccc(Cl)cn1. The van der Waals surface area contributed by atoms with E-state index in [2.05, 4.69) is 20.4 Å². The fraction of sp³-hybridized carbons (Fsp3) is 0.176. The van der Waals surface area contributed by atoms with Gasteiger partial charge in [0.1, 0.15) is 0 Å². The lowest BCUT2D eigenvalue weighted by Gasteiger charge is -2.15. The Labute approximate surface area is 177 Å². The molecule has 12 heteroatoms. The first kappa shape index (κ1) is 21.4. The molecular weight excluding hydrogens is 454 g/mol. The number of carbonyl (C=O) groups is 1. The van der Waals surface area contributed by atoms with Gasteiger partial charge in [0.25, 0.3) is 5.91 Å². The van der Waals surface area contributed by atoms with Gasteiger partial charge in [-0.1, -0.05) is 23.2 Å². The smallest absolute Gasteiger partial charge is 0.342 e. The number of nitrogens with zero attached hydrogens (tertiary/aromatic N) is 4. The number of pyridine rings is 1. The van der Waals surface area contributed by atoms with Crippen LogP contribution in [0.5, 0.6) is 0 Å². The van der Waals surface area contributed by atoms with Crippen LogP contribution in [0.25, 0.3) is 5.82 Å². The van der Waals surface area contributed by atoms with E-state index >= 15 is 0 Å². The lowest BCUT2D eigenvalue weighted by molar-refractivity contribution is -0.137. The summed E-state index contributed by atoms with van der Waals surface area (Å²) < 4.78 is 40.2. The van der Waals surface area contributed by atoms with E-state index in [1.807, 2.05) is 0 Å². The molecule has 0 bridgehead atoms. The highest BCUT2D eigenvalue weighted by atomic mass is 35.5. The van der Waals surface area contributed by atoms with Crippen molar-refractivity contribution in [2.24, 2.45) is 0 Å². The molecule has 1 atom stereocenters. The molecule has 1 aromatic carbocycles. The second-order valence-electron chi connectivity index (χ2n) is 5.91. The molecule has 0 saturated heterocycles. The minimum Gasteiger partial charge on any atom is -0.342 e.